The van der Waals surface area contributed by atoms with Gasteiger partial charge in [0.25, 0.3) is 5.91 Å². The molecular formula is C13H8BrClINOS. The number of halogens is 3. The molecule has 2 aromatic rings. The Hall–Kier alpha value is -0.240. The van der Waals surface area contributed by atoms with Gasteiger partial charge >= 0.3 is 0 Å². The minimum Gasteiger partial charge on any atom is -0.321 e. The maximum Gasteiger partial charge on any atom is 0.256 e. The molecule has 0 aliphatic carbocycles. The fraction of sp³-hybridized carbons (Fsp3) is 0. The second-order valence-corrected chi connectivity index (χ2v) is 6.71. The van der Waals surface area contributed by atoms with Crippen molar-refractivity contribution in [3.8, 4) is 0 Å². The molecule has 0 fully saturated rings. The van der Waals surface area contributed by atoms with Crippen LogP contribution in [0.25, 0.3) is 0 Å². The number of carbonyl (C=O) groups is 1. The molecule has 0 heterocycles. The second-order valence-electron chi connectivity index (χ2n) is 3.74. The lowest BCUT2D eigenvalue weighted by Crippen LogP contribution is -2.13. The summed E-state index contributed by atoms with van der Waals surface area (Å²) in [4.78, 5) is 12.9. The Morgan fingerprint density at radius 3 is 2.68 bits per heavy atom. The summed E-state index contributed by atoms with van der Waals surface area (Å²) in [5.41, 5.74) is 1.27. The van der Waals surface area contributed by atoms with E-state index in [9.17, 15) is 4.79 Å². The van der Waals surface area contributed by atoms with E-state index in [4.69, 9.17) is 11.6 Å². The molecular weight excluding hydrogens is 460 g/mol. The molecule has 0 bridgehead atoms. The largest absolute Gasteiger partial charge is 0.321 e. The molecule has 2 aromatic carbocycles. The van der Waals surface area contributed by atoms with Crippen molar-refractivity contribution in [2.24, 2.45) is 0 Å². The van der Waals surface area contributed by atoms with Gasteiger partial charge in [0.2, 0.25) is 0 Å². The van der Waals surface area contributed by atoms with Gasteiger partial charge in [0.1, 0.15) is 0 Å². The van der Waals surface area contributed by atoms with E-state index in [0.29, 0.717) is 10.6 Å². The molecule has 1 N–H and O–H groups in total. The standard InChI is InChI=1S/C13H8BrClINOS/c14-10-3-2-8(19)6-9(10)13(18)17-12-4-1-7(15)5-11(12)16/h1-6,19H,(H,17,18). The number of benzene rings is 2. The van der Waals surface area contributed by atoms with Crippen molar-refractivity contribution in [3.63, 3.8) is 0 Å². The molecule has 1 amide bonds. The zero-order valence-corrected chi connectivity index (χ0v) is 14.8. The van der Waals surface area contributed by atoms with Gasteiger partial charge in [-0.1, -0.05) is 11.6 Å². The van der Waals surface area contributed by atoms with E-state index in [2.05, 4.69) is 56.5 Å². The average Bonchev–Trinajstić information content (AvgIpc) is 2.35. The monoisotopic (exact) mass is 467 g/mol. The van der Waals surface area contributed by atoms with Gasteiger partial charge in [0.05, 0.1) is 11.3 Å². The van der Waals surface area contributed by atoms with Crippen LogP contribution in [0.4, 0.5) is 5.69 Å². The third-order valence-corrected chi connectivity index (χ3v) is 4.47. The molecule has 0 aliphatic heterocycles. The molecule has 0 radical (unpaired) electrons. The normalized spacial score (nSPS) is 10.3. The highest BCUT2D eigenvalue weighted by Crippen LogP contribution is 2.25. The molecule has 0 aliphatic rings. The van der Waals surface area contributed by atoms with Crippen LogP contribution in [0.2, 0.25) is 5.02 Å². The summed E-state index contributed by atoms with van der Waals surface area (Å²) < 4.78 is 1.61. The van der Waals surface area contributed by atoms with Crippen molar-refractivity contribution in [2.45, 2.75) is 4.90 Å². The van der Waals surface area contributed by atoms with Crippen LogP contribution >= 0.6 is 62.8 Å². The molecule has 0 atom stereocenters. The Morgan fingerprint density at radius 2 is 2.00 bits per heavy atom. The number of carbonyl (C=O) groups excluding carboxylic acids is 1. The van der Waals surface area contributed by atoms with E-state index in [1.165, 1.54) is 0 Å². The van der Waals surface area contributed by atoms with Gasteiger partial charge in [-0.2, -0.15) is 0 Å². The van der Waals surface area contributed by atoms with E-state index in [1.807, 2.05) is 6.07 Å². The lowest BCUT2D eigenvalue weighted by molar-refractivity contribution is 0.102. The lowest BCUT2D eigenvalue weighted by Gasteiger charge is -2.09. The highest BCUT2D eigenvalue weighted by atomic mass is 127. The maximum absolute atomic E-state index is 12.2. The predicted molar refractivity (Wildman–Crippen MR) is 93.5 cm³/mol. The maximum atomic E-state index is 12.2. The van der Waals surface area contributed by atoms with Gasteiger partial charge < -0.3 is 5.32 Å². The van der Waals surface area contributed by atoms with Crippen LogP contribution < -0.4 is 5.32 Å². The van der Waals surface area contributed by atoms with E-state index in [1.54, 1.807) is 30.3 Å². The number of anilines is 1. The Balaban J connectivity index is 2.28. The van der Waals surface area contributed by atoms with Crippen LogP contribution in [0.1, 0.15) is 10.4 Å². The lowest BCUT2D eigenvalue weighted by atomic mass is 10.2. The third kappa shape index (κ3) is 3.87. The van der Waals surface area contributed by atoms with Gasteiger partial charge in [-0.25, -0.2) is 0 Å². The molecule has 0 saturated heterocycles. The van der Waals surface area contributed by atoms with Crippen molar-refractivity contribution in [1.29, 1.82) is 0 Å². The fourth-order valence-electron chi connectivity index (χ4n) is 1.47. The van der Waals surface area contributed by atoms with Crippen LogP contribution in [-0.2, 0) is 0 Å². The van der Waals surface area contributed by atoms with Crippen molar-refractivity contribution >= 4 is 74.3 Å². The molecule has 0 aromatic heterocycles. The smallest absolute Gasteiger partial charge is 0.256 e. The number of nitrogens with one attached hydrogen (secondary N) is 1. The van der Waals surface area contributed by atoms with Crippen molar-refractivity contribution in [1.82, 2.24) is 0 Å². The quantitative estimate of drug-likeness (QED) is 0.458. The third-order valence-electron chi connectivity index (χ3n) is 2.37. The summed E-state index contributed by atoms with van der Waals surface area (Å²) in [5.74, 6) is -0.192. The van der Waals surface area contributed by atoms with Crippen LogP contribution in [0.3, 0.4) is 0 Å². The van der Waals surface area contributed by atoms with E-state index in [-0.39, 0.29) is 5.91 Å². The van der Waals surface area contributed by atoms with Crippen LogP contribution in [-0.4, -0.2) is 5.91 Å². The highest BCUT2D eigenvalue weighted by Gasteiger charge is 2.12. The van der Waals surface area contributed by atoms with Crippen LogP contribution in [0.5, 0.6) is 0 Å². The summed E-state index contributed by atoms with van der Waals surface area (Å²) in [6.45, 7) is 0. The molecule has 2 rings (SSSR count). The Morgan fingerprint density at radius 1 is 1.26 bits per heavy atom. The number of amides is 1. The number of rotatable bonds is 2. The zero-order valence-electron chi connectivity index (χ0n) is 9.45. The minimum absolute atomic E-state index is 0.192. The highest BCUT2D eigenvalue weighted by molar-refractivity contribution is 14.1. The molecule has 98 valence electrons. The van der Waals surface area contributed by atoms with E-state index < -0.39 is 0 Å². The SMILES string of the molecule is O=C(Nc1ccc(Cl)cc1I)c1cc(S)ccc1Br. The first-order valence-corrected chi connectivity index (χ1v) is 7.92. The second kappa shape index (κ2) is 6.47. The van der Waals surface area contributed by atoms with E-state index >= 15 is 0 Å². The van der Waals surface area contributed by atoms with Gasteiger partial charge in [-0.3, -0.25) is 4.79 Å². The van der Waals surface area contributed by atoms with Crippen LogP contribution in [0, 0.1) is 3.57 Å². The summed E-state index contributed by atoms with van der Waals surface area (Å²) in [6.07, 6.45) is 0. The van der Waals surface area contributed by atoms with Crippen molar-refractivity contribution in [2.75, 3.05) is 5.32 Å². The summed E-state index contributed by atoms with van der Waals surface area (Å²) in [6, 6.07) is 10.6. The Bertz CT molecular complexity index is 651. The Kier molecular flexibility index (Phi) is 5.16. The molecule has 0 unspecified atom stereocenters. The predicted octanol–water partition coefficient (Wildman–Crippen LogP) is 5.25. The molecule has 0 saturated carbocycles. The van der Waals surface area contributed by atoms with Gasteiger partial charge in [-0.15, -0.1) is 12.6 Å². The van der Waals surface area contributed by atoms with Crippen molar-refractivity contribution < 1.29 is 4.79 Å². The fourth-order valence-corrected chi connectivity index (χ4v) is 3.10. The number of thiol groups is 1. The van der Waals surface area contributed by atoms with Gasteiger partial charge in [-0.05, 0) is 74.9 Å². The topological polar surface area (TPSA) is 29.1 Å². The first-order valence-electron chi connectivity index (χ1n) is 5.22. The summed E-state index contributed by atoms with van der Waals surface area (Å²) in [7, 11) is 0. The summed E-state index contributed by atoms with van der Waals surface area (Å²) in [5, 5.41) is 3.49. The molecule has 2 nitrogen and oxygen atoms in total. The van der Waals surface area contributed by atoms with Gasteiger partial charge in [0, 0.05) is 18.0 Å². The zero-order chi connectivity index (χ0) is 14.0. The first kappa shape index (κ1) is 15.2. The van der Waals surface area contributed by atoms with E-state index in [0.717, 1.165) is 18.6 Å². The van der Waals surface area contributed by atoms with Gasteiger partial charge in [0.15, 0.2) is 0 Å². The minimum atomic E-state index is -0.192. The summed E-state index contributed by atoms with van der Waals surface area (Å²) >= 11 is 15.6. The number of hydrogen-bond donors (Lipinski definition) is 2. The molecule has 6 heteroatoms. The number of hydrogen-bond acceptors (Lipinski definition) is 2. The first-order chi connectivity index (χ1) is 8.97. The van der Waals surface area contributed by atoms with Crippen molar-refractivity contribution in [3.05, 3.63) is 55.0 Å². The molecule has 19 heavy (non-hydrogen) atoms. The van der Waals surface area contributed by atoms with Crippen LogP contribution in [0.15, 0.2) is 45.8 Å². The average molecular weight is 469 g/mol. The Labute approximate surface area is 143 Å². The molecule has 0 spiro atoms.